The average molecular weight is 597 g/mol. The minimum absolute atomic E-state index is 0.328. The van der Waals surface area contributed by atoms with E-state index in [1.165, 1.54) is 44.7 Å². The zero-order valence-corrected chi connectivity index (χ0v) is 27.2. The molecule has 3 N–H and O–H groups in total. The van der Waals surface area contributed by atoms with E-state index in [-0.39, 0.29) is 0 Å². The van der Waals surface area contributed by atoms with Crippen molar-refractivity contribution in [2.24, 2.45) is 15.7 Å². The minimum atomic E-state index is 0.328. The van der Waals surface area contributed by atoms with Gasteiger partial charge in [-0.3, -0.25) is 4.90 Å². The molecular formula is C36H52N8. The quantitative estimate of drug-likeness (QED) is 0.391. The number of piperazine rings is 1. The summed E-state index contributed by atoms with van der Waals surface area (Å²) in [6, 6.07) is 9.88. The highest BCUT2D eigenvalue weighted by atomic mass is 15.3. The molecule has 0 spiro atoms. The number of piperidine rings is 2. The lowest BCUT2D eigenvalue weighted by Gasteiger charge is -2.42. The normalized spacial score (nSPS) is 24.1. The van der Waals surface area contributed by atoms with Gasteiger partial charge in [0.1, 0.15) is 11.5 Å². The number of rotatable bonds is 9. The van der Waals surface area contributed by atoms with Crippen LogP contribution in [0, 0.1) is 0 Å². The van der Waals surface area contributed by atoms with E-state index in [9.17, 15) is 0 Å². The van der Waals surface area contributed by atoms with Gasteiger partial charge in [-0.15, -0.1) is 0 Å². The average Bonchev–Trinajstić information content (AvgIpc) is 3.05. The number of amidine groups is 1. The van der Waals surface area contributed by atoms with Crippen LogP contribution < -0.4 is 16.0 Å². The van der Waals surface area contributed by atoms with Gasteiger partial charge in [0.2, 0.25) is 0 Å². The predicted octanol–water partition coefficient (Wildman–Crippen LogP) is 5.01. The van der Waals surface area contributed by atoms with Crippen LogP contribution in [-0.4, -0.2) is 97.7 Å². The number of likely N-dealkylation sites (N-methyl/N-ethyl adjacent to an activating group) is 1. The first-order valence-electron chi connectivity index (χ1n) is 16.4. The molecule has 0 radical (unpaired) electrons. The van der Waals surface area contributed by atoms with Gasteiger partial charge in [-0.05, 0) is 69.8 Å². The van der Waals surface area contributed by atoms with Crippen molar-refractivity contribution < 1.29 is 0 Å². The zero-order chi connectivity index (χ0) is 31.2. The molecule has 3 saturated heterocycles. The van der Waals surface area contributed by atoms with Crippen LogP contribution in [-0.2, 0) is 0 Å². The molecule has 236 valence electrons. The third-order valence-corrected chi connectivity index (χ3v) is 9.75. The van der Waals surface area contributed by atoms with Gasteiger partial charge in [-0.25, -0.2) is 9.98 Å². The maximum Gasteiger partial charge on any atom is 0.149 e. The molecule has 8 nitrogen and oxygen atoms in total. The highest BCUT2D eigenvalue weighted by molar-refractivity contribution is 6.51. The molecular weight excluding hydrogens is 544 g/mol. The molecule has 0 amide bonds. The Balaban J connectivity index is 1.23. The predicted molar refractivity (Wildman–Crippen MR) is 187 cm³/mol. The lowest BCUT2D eigenvalue weighted by molar-refractivity contribution is 0.0982. The second kappa shape index (κ2) is 14.4. The highest BCUT2D eigenvalue weighted by Crippen LogP contribution is 2.30. The fraction of sp³-hybridized carbons (Fsp3) is 0.500. The van der Waals surface area contributed by atoms with E-state index < -0.39 is 0 Å². The molecule has 0 aromatic heterocycles. The third kappa shape index (κ3) is 7.36. The van der Waals surface area contributed by atoms with Crippen molar-refractivity contribution in [1.82, 2.24) is 20.0 Å². The summed E-state index contributed by atoms with van der Waals surface area (Å²) in [5.74, 6) is 0.406. The maximum absolute atomic E-state index is 6.39. The molecule has 1 unspecified atom stereocenters. The van der Waals surface area contributed by atoms with E-state index in [4.69, 9.17) is 10.7 Å². The van der Waals surface area contributed by atoms with Crippen molar-refractivity contribution in [1.29, 1.82) is 0 Å². The summed E-state index contributed by atoms with van der Waals surface area (Å²) in [6.45, 7) is 25.6. The Morgan fingerprint density at radius 3 is 2.43 bits per heavy atom. The van der Waals surface area contributed by atoms with Crippen LogP contribution in [0.5, 0.6) is 0 Å². The summed E-state index contributed by atoms with van der Waals surface area (Å²) < 4.78 is 0. The molecule has 1 aromatic rings. The summed E-state index contributed by atoms with van der Waals surface area (Å²) in [5, 5.41) is 3.72. The summed E-state index contributed by atoms with van der Waals surface area (Å²) in [5.41, 5.74) is 14.2. The molecule has 1 aromatic carbocycles. The Labute approximate surface area is 265 Å². The van der Waals surface area contributed by atoms with E-state index in [0.717, 1.165) is 79.2 Å². The Morgan fingerprint density at radius 1 is 1.07 bits per heavy atom. The Kier molecular flexibility index (Phi) is 10.4. The number of anilines is 1. The van der Waals surface area contributed by atoms with Crippen LogP contribution in [0.1, 0.15) is 51.5 Å². The molecule has 1 atom stereocenters. The van der Waals surface area contributed by atoms with Crippen LogP contribution in [0.25, 0.3) is 5.57 Å². The van der Waals surface area contributed by atoms with Gasteiger partial charge < -0.3 is 25.8 Å². The monoisotopic (exact) mass is 596 g/mol. The summed E-state index contributed by atoms with van der Waals surface area (Å²) >= 11 is 0. The number of hydrogen-bond donors (Lipinski definition) is 2. The van der Waals surface area contributed by atoms with Crippen molar-refractivity contribution in [2.75, 3.05) is 64.3 Å². The van der Waals surface area contributed by atoms with Gasteiger partial charge in [0, 0.05) is 98.9 Å². The van der Waals surface area contributed by atoms with Gasteiger partial charge in [0.15, 0.2) is 0 Å². The van der Waals surface area contributed by atoms with Gasteiger partial charge in [-0.1, -0.05) is 38.8 Å². The number of aliphatic imine (C=N–C) groups is 2. The first kappa shape index (κ1) is 31.8. The van der Waals surface area contributed by atoms with Crippen LogP contribution in [0.3, 0.4) is 0 Å². The fourth-order valence-corrected chi connectivity index (χ4v) is 6.89. The van der Waals surface area contributed by atoms with E-state index in [2.05, 4.69) is 94.8 Å². The molecule has 3 fully saturated rings. The molecule has 0 aliphatic carbocycles. The molecule has 8 heteroatoms. The van der Waals surface area contributed by atoms with Gasteiger partial charge >= 0.3 is 0 Å². The lowest BCUT2D eigenvalue weighted by Crippen LogP contribution is -2.52. The molecule has 0 saturated carbocycles. The van der Waals surface area contributed by atoms with E-state index in [1.54, 1.807) is 0 Å². The first-order valence-corrected chi connectivity index (χ1v) is 16.4. The van der Waals surface area contributed by atoms with Crippen LogP contribution >= 0.6 is 0 Å². The molecule has 4 aliphatic rings. The number of allylic oxidation sites excluding steroid dienone is 4. The largest absolute Gasteiger partial charge is 0.383 e. The molecule has 4 aliphatic heterocycles. The number of nitrogens with zero attached hydrogens (tertiary/aromatic N) is 6. The summed E-state index contributed by atoms with van der Waals surface area (Å²) in [7, 11) is 2.23. The Bertz CT molecular complexity index is 1330. The third-order valence-electron chi connectivity index (χ3n) is 9.75. The van der Waals surface area contributed by atoms with Crippen molar-refractivity contribution in [3.8, 4) is 0 Å². The van der Waals surface area contributed by atoms with Crippen LogP contribution in [0.2, 0.25) is 0 Å². The maximum atomic E-state index is 6.39. The smallest absolute Gasteiger partial charge is 0.149 e. The SMILES string of the molecule is C=CC(=C)N1CCCC(N/C(C)=C(CC)/N=C2\C(=C)C(c3ccc(N4CCC(N5CCN(C)CC5)CC4)cc3)=CN=C2N)C1. The van der Waals surface area contributed by atoms with Crippen LogP contribution in [0.15, 0.2) is 88.9 Å². The molecule has 44 heavy (non-hydrogen) atoms. The lowest BCUT2D eigenvalue weighted by atomic mass is 9.93. The number of hydrogen-bond acceptors (Lipinski definition) is 8. The number of nitrogens with one attached hydrogen (secondary N) is 1. The molecule has 5 rings (SSSR count). The van der Waals surface area contributed by atoms with Gasteiger partial charge in [0.25, 0.3) is 0 Å². The van der Waals surface area contributed by atoms with Crippen molar-refractivity contribution >= 4 is 22.8 Å². The highest BCUT2D eigenvalue weighted by Gasteiger charge is 2.27. The summed E-state index contributed by atoms with van der Waals surface area (Å²) in [4.78, 5) is 19.5. The summed E-state index contributed by atoms with van der Waals surface area (Å²) in [6.07, 6.45) is 9.12. The second-order valence-electron chi connectivity index (χ2n) is 12.7. The Hall–Kier alpha value is -3.62. The minimum Gasteiger partial charge on any atom is -0.383 e. The first-order chi connectivity index (χ1) is 21.3. The standard InChI is InChI=1S/C36H52N8/c1-7-26(3)44-17-9-10-30(25-44)39-28(5)34(8-2)40-35-27(4)33(24-38-36(35)37)29-11-13-31(14-12-29)42-18-15-32(16-19-42)43-22-20-41(6)21-23-43/h7,11-14,24,30,32,39H,1,3-4,8-10,15-23,25H2,2,5-6H3,(H2,37,38)/b34-28+,40-35+. The topological polar surface area (TPSA) is 75.7 Å². The number of likely N-dealkylation sites (tertiary alicyclic amines) is 1. The fourth-order valence-electron chi connectivity index (χ4n) is 6.89. The molecule has 4 heterocycles. The number of benzene rings is 1. The van der Waals surface area contributed by atoms with Crippen molar-refractivity contribution in [2.45, 2.75) is 58.0 Å². The van der Waals surface area contributed by atoms with E-state index in [0.29, 0.717) is 23.6 Å². The number of nitrogens with two attached hydrogens (primary N) is 1. The van der Waals surface area contributed by atoms with Crippen LogP contribution in [0.4, 0.5) is 5.69 Å². The van der Waals surface area contributed by atoms with E-state index in [1.807, 2.05) is 12.3 Å². The Morgan fingerprint density at radius 2 is 1.77 bits per heavy atom. The van der Waals surface area contributed by atoms with Crippen molar-refractivity contribution in [3.05, 3.63) is 84.5 Å². The second-order valence-corrected chi connectivity index (χ2v) is 12.7. The van der Waals surface area contributed by atoms with Gasteiger partial charge in [-0.2, -0.15) is 0 Å². The van der Waals surface area contributed by atoms with Crippen molar-refractivity contribution in [3.63, 3.8) is 0 Å². The zero-order valence-electron chi connectivity index (χ0n) is 27.2. The van der Waals surface area contributed by atoms with E-state index >= 15 is 0 Å². The molecule has 0 bridgehead atoms. The van der Waals surface area contributed by atoms with Gasteiger partial charge in [0.05, 0.1) is 5.70 Å².